The fourth-order valence-corrected chi connectivity index (χ4v) is 2.72. The molecule has 0 aliphatic carbocycles. The molecular formula is C15H22ClNO. The molecule has 3 heteroatoms. The quantitative estimate of drug-likeness (QED) is 0.798. The van der Waals surface area contributed by atoms with Crippen molar-refractivity contribution in [1.82, 2.24) is 5.32 Å². The molecule has 0 amide bonds. The van der Waals surface area contributed by atoms with Gasteiger partial charge >= 0.3 is 0 Å². The Morgan fingerprint density at radius 2 is 2.17 bits per heavy atom. The first kappa shape index (κ1) is 13.7. The number of ether oxygens (including phenoxy) is 1. The summed E-state index contributed by atoms with van der Waals surface area (Å²) in [7, 11) is 0. The van der Waals surface area contributed by atoms with E-state index in [1.807, 2.05) is 12.1 Å². The average molecular weight is 268 g/mol. The third kappa shape index (κ3) is 3.18. The first-order valence-electron chi connectivity index (χ1n) is 6.73. The van der Waals surface area contributed by atoms with Crippen LogP contribution >= 0.6 is 11.6 Å². The fraction of sp³-hybridized carbons (Fsp3) is 0.600. The van der Waals surface area contributed by atoms with E-state index in [1.54, 1.807) is 0 Å². The second kappa shape index (κ2) is 6.44. The van der Waals surface area contributed by atoms with Gasteiger partial charge in [0, 0.05) is 29.9 Å². The zero-order valence-corrected chi connectivity index (χ0v) is 11.9. The maximum atomic E-state index is 5.85. The van der Waals surface area contributed by atoms with Gasteiger partial charge in [-0.05, 0) is 18.4 Å². The van der Waals surface area contributed by atoms with Gasteiger partial charge in [0.1, 0.15) is 5.75 Å². The first-order valence-corrected chi connectivity index (χ1v) is 7.27. The van der Waals surface area contributed by atoms with E-state index in [0.717, 1.165) is 25.3 Å². The lowest BCUT2D eigenvalue weighted by Crippen LogP contribution is -2.37. The smallest absolute Gasteiger partial charge is 0.122 e. The third-order valence-corrected chi connectivity index (χ3v) is 3.87. The van der Waals surface area contributed by atoms with Gasteiger partial charge in [0.25, 0.3) is 0 Å². The van der Waals surface area contributed by atoms with E-state index in [-0.39, 0.29) is 0 Å². The number of benzene rings is 1. The van der Waals surface area contributed by atoms with Crippen LogP contribution in [-0.4, -0.2) is 25.1 Å². The van der Waals surface area contributed by atoms with E-state index in [1.165, 1.54) is 5.56 Å². The van der Waals surface area contributed by atoms with Crippen molar-refractivity contribution in [3.63, 3.8) is 0 Å². The predicted octanol–water partition coefficient (Wildman–Crippen LogP) is 3.41. The van der Waals surface area contributed by atoms with Gasteiger partial charge in [-0.15, -0.1) is 11.6 Å². The second-order valence-corrected chi connectivity index (χ2v) is 5.66. The fourth-order valence-electron chi connectivity index (χ4n) is 2.48. The van der Waals surface area contributed by atoms with Crippen molar-refractivity contribution in [2.45, 2.75) is 32.2 Å². The molecule has 1 aromatic carbocycles. The molecule has 1 N–H and O–H groups in total. The van der Waals surface area contributed by atoms with Gasteiger partial charge < -0.3 is 10.1 Å². The Bertz CT molecular complexity index is 381. The summed E-state index contributed by atoms with van der Waals surface area (Å²) < 4.78 is 5.70. The van der Waals surface area contributed by atoms with E-state index < -0.39 is 0 Å². The van der Waals surface area contributed by atoms with Gasteiger partial charge in [-0.3, -0.25) is 0 Å². The molecule has 0 fully saturated rings. The maximum Gasteiger partial charge on any atom is 0.122 e. The Morgan fingerprint density at radius 1 is 1.39 bits per heavy atom. The van der Waals surface area contributed by atoms with Crippen LogP contribution < -0.4 is 10.1 Å². The topological polar surface area (TPSA) is 21.3 Å². The van der Waals surface area contributed by atoms with Crippen LogP contribution in [0.25, 0.3) is 0 Å². The summed E-state index contributed by atoms with van der Waals surface area (Å²) in [6.07, 6.45) is 1.02. The van der Waals surface area contributed by atoms with E-state index in [4.69, 9.17) is 16.3 Å². The second-order valence-electron chi connectivity index (χ2n) is 5.28. The van der Waals surface area contributed by atoms with Crippen LogP contribution in [0, 0.1) is 5.92 Å². The SMILES string of the molecule is CC(C)C(CCCl)NCC1COc2ccccc21. The minimum absolute atomic E-state index is 0.470. The van der Waals surface area contributed by atoms with Crippen molar-refractivity contribution in [3.05, 3.63) is 29.8 Å². The summed E-state index contributed by atoms with van der Waals surface area (Å²) >= 11 is 5.85. The molecular weight excluding hydrogens is 246 g/mol. The molecule has 2 atom stereocenters. The molecule has 2 nitrogen and oxygen atoms in total. The molecule has 1 aliphatic rings. The van der Waals surface area contributed by atoms with Crippen LogP contribution in [0.2, 0.25) is 0 Å². The van der Waals surface area contributed by atoms with E-state index >= 15 is 0 Å². The van der Waals surface area contributed by atoms with Crippen LogP contribution in [0.1, 0.15) is 31.7 Å². The molecule has 2 unspecified atom stereocenters. The maximum absolute atomic E-state index is 5.85. The Balaban J connectivity index is 1.91. The van der Waals surface area contributed by atoms with Crippen molar-refractivity contribution in [1.29, 1.82) is 0 Å². The van der Waals surface area contributed by atoms with Gasteiger partial charge in [0.05, 0.1) is 6.61 Å². The molecule has 0 radical (unpaired) electrons. The highest BCUT2D eigenvalue weighted by molar-refractivity contribution is 6.17. The first-order chi connectivity index (χ1) is 8.72. The number of alkyl halides is 1. The van der Waals surface area contributed by atoms with Crippen molar-refractivity contribution < 1.29 is 4.74 Å². The summed E-state index contributed by atoms with van der Waals surface area (Å²) in [6.45, 7) is 6.24. The number of hydrogen-bond acceptors (Lipinski definition) is 2. The largest absolute Gasteiger partial charge is 0.493 e. The molecule has 2 rings (SSSR count). The standard InChI is InChI=1S/C15H22ClNO/c1-11(2)14(7-8-16)17-9-12-10-18-15-6-4-3-5-13(12)15/h3-6,11-12,14,17H,7-10H2,1-2H3. The third-order valence-electron chi connectivity index (χ3n) is 3.65. The lowest BCUT2D eigenvalue weighted by molar-refractivity contribution is 0.311. The summed E-state index contributed by atoms with van der Waals surface area (Å²) in [6, 6.07) is 8.82. The van der Waals surface area contributed by atoms with E-state index in [9.17, 15) is 0 Å². The monoisotopic (exact) mass is 267 g/mol. The summed E-state index contributed by atoms with van der Waals surface area (Å²) in [5.41, 5.74) is 1.33. The molecule has 0 aromatic heterocycles. The van der Waals surface area contributed by atoms with Crippen molar-refractivity contribution in [2.24, 2.45) is 5.92 Å². The molecule has 1 aromatic rings. The predicted molar refractivity (Wildman–Crippen MR) is 76.6 cm³/mol. The Kier molecular flexibility index (Phi) is 4.90. The number of nitrogens with one attached hydrogen (secondary N) is 1. The molecule has 1 heterocycles. The normalized spacial score (nSPS) is 19.7. The Morgan fingerprint density at radius 3 is 2.89 bits per heavy atom. The molecule has 1 aliphatic heterocycles. The molecule has 0 spiro atoms. The van der Waals surface area contributed by atoms with Crippen LogP contribution in [0.3, 0.4) is 0 Å². The lowest BCUT2D eigenvalue weighted by atomic mass is 9.98. The number of halogens is 1. The van der Waals surface area contributed by atoms with Crippen LogP contribution in [0.4, 0.5) is 0 Å². The average Bonchev–Trinajstić information content (AvgIpc) is 2.77. The molecule has 0 bridgehead atoms. The van der Waals surface area contributed by atoms with E-state index in [2.05, 4.69) is 31.3 Å². The van der Waals surface area contributed by atoms with Crippen molar-refractivity contribution in [3.8, 4) is 5.75 Å². The van der Waals surface area contributed by atoms with Gasteiger partial charge in [0.2, 0.25) is 0 Å². The zero-order valence-electron chi connectivity index (χ0n) is 11.2. The number of rotatable bonds is 6. The summed E-state index contributed by atoms with van der Waals surface area (Å²) in [4.78, 5) is 0. The lowest BCUT2D eigenvalue weighted by Gasteiger charge is -2.23. The van der Waals surface area contributed by atoms with Crippen LogP contribution in [0.15, 0.2) is 24.3 Å². The Hall–Kier alpha value is -0.730. The highest BCUT2D eigenvalue weighted by Crippen LogP contribution is 2.33. The minimum atomic E-state index is 0.470. The zero-order chi connectivity index (χ0) is 13.0. The number of hydrogen-bond donors (Lipinski definition) is 1. The van der Waals surface area contributed by atoms with Crippen molar-refractivity contribution in [2.75, 3.05) is 19.0 Å². The molecule has 0 saturated carbocycles. The molecule has 0 saturated heterocycles. The number of fused-ring (bicyclic) bond motifs is 1. The Labute approximate surface area is 115 Å². The highest BCUT2D eigenvalue weighted by atomic mass is 35.5. The highest BCUT2D eigenvalue weighted by Gasteiger charge is 2.24. The van der Waals surface area contributed by atoms with Crippen molar-refractivity contribution >= 4 is 11.6 Å². The molecule has 100 valence electrons. The molecule has 18 heavy (non-hydrogen) atoms. The van der Waals surface area contributed by atoms with Gasteiger partial charge in [-0.25, -0.2) is 0 Å². The van der Waals surface area contributed by atoms with Gasteiger partial charge in [-0.1, -0.05) is 32.0 Å². The van der Waals surface area contributed by atoms with Gasteiger partial charge in [-0.2, -0.15) is 0 Å². The summed E-state index contributed by atoms with van der Waals surface area (Å²) in [5, 5.41) is 3.64. The minimum Gasteiger partial charge on any atom is -0.493 e. The van der Waals surface area contributed by atoms with Crippen LogP contribution in [-0.2, 0) is 0 Å². The number of para-hydroxylation sites is 1. The van der Waals surface area contributed by atoms with Gasteiger partial charge in [0.15, 0.2) is 0 Å². The summed E-state index contributed by atoms with van der Waals surface area (Å²) in [5.74, 6) is 2.84. The van der Waals surface area contributed by atoms with Crippen LogP contribution in [0.5, 0.6) is 5.75 Å². The van der Waals surface area contributed by atoms with E-state index in [0.29, 0.717) is 23.8 Å².